The molecule has 0 spiro atoms. The van der Waals surface area contributed by atoms with E-state index in [0.717, 1.165) is 0 Å². The molecule has 0 unspecified atom stereocenters. The first-order valence-corrected chi connectivity index (χ1v) is 28.1. The van der Waals surface area contributed by atoms with Gasteiger partial charge in [0, 0.05) is 26.4 Å². The molecule has 0 saturated carbocycles. The van der Waals surface area contributed by atoms with Crippen molar-refractivity contribution < 1.29 is 0 Å². The highest BCUT2D eigenvalue weighted by Gasteiger charge is 2.26. The lowest BCUT2D eigenvalue weighted by Gasteiger charge is -2.21. The van der Waals surface area contributed by atoms with Crippen LogP contribution in [0.1, 0.15) is 0 Å². The van der Waals surface area contributed by atoms with Crippen molar-refractivity contribution in [1.82, 2.24) is 0 Å². The third-order valence-electron chi connectivity index (χ3n) is 16.6. The van der Waals surface area contributed by atoms with Gasteiger partial charge in [-0.05, 0) is 167 Å². The molecule has 0 saturated heterocycles. The molecule has 15 aromatic carbocycles. The van der Waals surface area contributed by atoms with Gasteiger partial charge in [0.15, 0.2) is 0 Å². The Morgan fingerprint density at radius 1 is 0.165 bits per heavy atom. The molecule has 0 amide bonds. The molecule has 0 fully saturated rings. The Balaban J connectivity index is 1.03. The van der Waals surface area contributed by atoms with Crippen LogP contribution in [0.2, 0.25) is 0 Å². The van der Waals surface area contributed by atoms with Crippen LogP contribution in [-0.2, 0) is 0 Å². The number of hydrogen-bond acceptors (Lipinski definition) is 1. The van der Waals surface area contributed by atoms with Gasteiger partial charge in [-0.15, -0.1) is 11.3 Å². The van der Waals surface area contributed by atoms with E-state index in [-0.39, 0.29) is 0 Å². The van der Waals surface area contributed by atoms with Gasteiger partial charge in [-0.3, -0.25) is 0 Å². The highest BCUT2D eigenvalue weighted by atomic mass is 32.1. The van der Waals surface area contributed by atoms with Gasteiger partial charge < -0.3 is 0 Å². The van der Waals surface area contributed by atoms with Crippen LogP contribution >= 0.6 is 11.3 Å². The van der Waals surface area contributed by atoms with Crippen LogP contribution in [-0.4, -0.2) is 0 Å². The molecule has 0 radical (unpaired) electrons. The largest absolute Gasteiger partial charge is 0.135 e. The topological polar surface area (TPSA) is 0 Å². The summed E-state index contributed by atoms with van der Waals surface area (Å²) < 4.78 is 0. The summed E-state index contributed by atoms with van der Waals surface area (Å²) in [4.78, 5) is 2.49. The normalized spacial score (nSPS) is 11.8. The second-order valence-electron chi connectivity index (χ2n) is 20.9. The predicted molar refractivity (Wildman–Crippen MR) is 341 cm³/mol. The summed E-state index contributed by atoms with van der Waals surface area (Å²) >= 11 is 1.93. The van der Waals surface area contributed by atoms with Gasteiger partial charge in [-0.1, -0.05) is 261 Å². The number of benzene rings is 15. The molecular formula is C78H48S. The van der Waals surface area contributed by atoms with E-state index >= 15 is 0 Å². The van der Waals surface area contributed by atoms with Crippen molar-refractivity contribution in [2.45, 2.75) is 0 Å². The van der Waals surface area contributed by atoms with E-state index in [4.69, 9.17) is 0 Å². The second-order valence-corrected chi connectivity index (χ2v) is 22.0. The van der Waals surface area contributed by atoms with Crippen LogP contribution < -0.4 is 0 Å². The SMILES string of the molecule is c1ccc(-c2cc(-c3cc(-c4ccccc4)c4ccc5c(-c6ccccc6)cc(-c6ccccc6)c6ccc3c4c56)sc2-c2cc(-c3ccccc3)c3ccc4c(-c5ccccc5)cc(-c5ccccc5)c5ccc2c3c45)cc1. The molecule has 0 N–H and O–H groups in total. The van der Waals surface area contributed by atoms with Crippen LogP contribution in [0, 0.1) is 0 Å². The van der Waals surface area contributed by atoms with Crippen molar-refractivity contribution in [2.75, 3.05) is 0 Å². The minimum Gasteiger partial charge on any atom is -0.135 e. The molecule has 16 aromatic rings. The molecular weight excluding hydrogens is 969 g/mol. The van der Waals surface area contributed by atoms with Gasteiger partial charge in [0.25, 0.3) is 0 Å². The highest BCUT2D eigenvalue weighted by Crippen LogP contribution is 2.55. The van der Waals surface area contributed by atoms with Crippen LogP contribution in [0.3, 0.4) is 0 Å². The van der Waals surface area contributed by atoms with E-state index < -0.39 is 0 Å². The van der Waals surface area contributed by atoms with Gasteiger partial charge in [0.1, 0.15) is 0 Å². The Morgan fingerprint density at radius 3 is 0.633 bits per heavy atom. The summed E-state index contributed by atoms with van der Waals surface area (Å²) in [5, 5.41) is 15.3. The summed E-state index contributed by atoms with van der Waals surface area (Å²) in [7, 11) is 0. The van der Waals surface area contributed by atoms with E-state index in [0.29, 0.717) is 0 Å². The maximum absolute atomic E-state index is 2.51. The Labute approximate surface area is 463 Å². The van der Waals surface area contributed by atoms with Gasteiger partial charge in [-0.25, -0.2) is 0 Å². The molecule has 16 rings (SSSR count). The molecule has 1 heterocycles. The van der Waals surface area contributed by atoms with Crippen molar-refractivity contribution >= 4 is 76.0 Å². The maximum Gasteiger partial charge on any atom is 0.0434 e. The third kappa shape index (κ3) is 7.28. The fourth-order valence-corrected chi connectivity index (χ4v) is 14.3. The summed E-state index contributed by atoms with van der Waals surface area (Å²) in [6.07, 6.45) is 0. The van der Waals surface area contributed by atoms with E-state index in [9.17, 15) is 0 Å². The minimum atomic E-state index is 1.20. The van der Waals surface area contributed by atoms with E-state index in [2.05, 4.69) is 291 Å². The summed E-state index contributed by atoms with van der Waals surface area (Å²) in [6, 6.07) is 109. The molecule has 366 valence electrons. The Bertz CT molecular complexity index is 4810. The standard InChI is InChI=1S/C78H48S/c1-8-22-49(23-9-1)64-44-66(51-26-12-3-13-27-51)58-40-42-62-71(46-68(53-30-16-5-17-31-53)60-38-36-56(64)74(58)76(60)62)73-48-70(55-34-20-7-21-35-55)78(79-73)72-47-69(54-32-18-6-19-33-54)61-39-37-57-65(50-24-10-2-11-25-50)45-67(52-28-14-4-15-29-52)59-41-43-63(72)77(61)75(57)59/h1-48H. The molecule has 1 heteroatoms. The fraction of sp³-hybridized carbons (Fsp3) is 0. The Kier molecular flexibility index (Phi) is 10.5. The molecule has 1 aromatic heterocycles. The van der Waals surface area contributed by atoms with Gasteiger partial charge in [0.2, 0.25) is 0 Å². The third-order valence-corrected chi connectivity index (χ3v) is 17.8. The number of rotatable bonds is 9. The molecule has 0 aliphatic carbocycles. The first kappa shape index (κ1) is 45.3. The molecule has 79 heavy (non-hydrogen) atoms. The summed E-state index contributed by atoms with van der Waals surface area (Å²) in [6.45, 7) is 0. The van der Waals surface area contributed by atoms with Crippen molar-refractivity contribution in [3.63, 3.8) is 0 Å². The molecule has 0 bridgehead atoms. The lowest BCUT2D eigenvalue weighted by atomic mass is 9.82. The molecule has 0 aliphatic rings. The number of thiophene rings is 1. The Morgan fingerprint density at radius 2 is 0.367 bits per heavy atom. The molecule has 0 nitrogen and oxygen atoms in total. The first-order valence-electron chi connectivity index (χ1n) is 27.3. The molecule has 0 atom stereocenters. The lowest BCUT2D eigenvalue weighted by Crippen LogP contribution is -1.94. The van der Waals surface area contributed by atoms with Crippen molar-refractivity contribution in [3.8, 4) is 98.8 Å². The minimum absolute atomic E-state index is 1.20. The molecule has 0 aliphatic heterocycles. The van der Waals surface area contributed by atoms with Crippen LogP contribution in [0.25, 0.3) is 163 Å². The van der Waals surface area contributed by atoms with Gasteiger partial charge in [0.05, 0.1) is 0 Å². The fourth-order valence-electron chi connectivity index (χ4n) is 13.1. The zero-order chi connectivity index (χ0) is 52.0. The van der Waals surface area contributed by atoms with Crippen LogP contribution in [0.15, 0.2) is 291 Å². The van der Waals surface area contributed by atoms with Crippen molar-refractivity contribution in [1.29, 1.82) is 0 Å². The average molecular weight is 1020 g/mol. The maximum atomic E-state index is 2.51. The Hall–Kier alpha value is -9.92. The van der Waals surface area contributed by atoms with Gasteiger partial charge >= 0.3 is 0 Å². The van der Waals surface area contributed by atoms with E-state index in [1.807, 2.05) is 11.3 Å². The zero-order valence-corrected chi connectivity index (χ0v) is 43.9. The van der Waals surface area contributed by atoms with Crippen molar-refractivity contribution in [2.24, 2.45) is 0 Å². The number of hydrogen-bond donors (Lipinski definition) is 0. The zero-order valence-electron chi connectivity index (χ0n) is 43.1. The van der Waals surface area contributed by atoms with Crippen LogP contribution in [0.4, 0.5) is 0 Å². The summed E-state index contributed by atoms with van der Waals surface area (Å²) in [5.41, 5.74) is 19.6. The average Bonchev–Trinajstić information content (AvgIpc) is 4.17. The monoisotopic (exact) mass is 1020 g/mol. The lowest BCUT2D eigenvalue weighted by molar-refractivity contribution is 1.63. The van der Waals surface area contributed by atoms with Crippen molar-refractivity contribution in [3.05, 3.63) is 291 Å². The smallest absolute Gasteiger partial charge is 0.0434 e. The highest BCUT2D eigenvalue weighted by molar-refractivity contribution is 7.19. The second kappa shape index (κ2) is 18.4. The van der Waals surface area contributed by atoms with E-state index in [1.165, 1.54) is 163 Å². The quantitative estimate of drug-likeness (QED) is 0.126. The van der Waals surface area contributed by atoms with Gasteiger partial charge in [-0.2, -0.15) is 0 Å². The van der Waals surface area contributed by atoms with Crippen LogP contribution in [0.5, 0.6) is 0 Å². The first-order chi connectivity index (χ1) is 39.2. The predicted octanol–water partition coefficient (Wildman–Crippen LogP) is 22.5. The summed E-state index contributed by atoms with van der Waals surface area (Å²) in [5.74, 6) is 0. The van der Waals surface area contributed by atoms with E-state index in [1.54, 1.807) is 0 Å².